The number of H-pyrrole nitrogens is 1. The van der Waals surface area contributed by atoms with Gasteiger partial charge in [0, 0.05) is 31.0 Å². The number of esters is 2. The molecule has 3 rings (SSSR count). The van der Waals surface area contributed by atoms with E-state index in [4.69, 9.17) is 0 Å². The second kappa shape index (κ2) is 15.6. The van der Waals surface area contributed by atoms with Gasteiger partial charge in [-0.05, 0) is 42.3 Å². The summed E-state index contributed by atoms with van der Waals surface area (Å²) in [7, 11) is 0. The number of ether oxygens (including phenoxy) is 2. The first-order valence-corrected chi connectivity index (χ1v) is 15.0. The minimum absolute atomic E-state index is 0.0829. The van der Waals surface area contributed by atoms with E-state index in [0.717, 1.165) is 36.7 Å². The van der Waals surface area contributed by atoms with Crippen LogP contribution in [0.15, 0.2) is 47.3 Å². The molecule has 0 amide bonds. The molecule has 1 heterocycles. The van der Waals surface area contributed by atoms with Gasteiger partial charge < -0.3 is 25.1 Å². The number of rotatable bonds is 15. The van der Waals surface area contributed by atoms with Crippen molar-refractivity contribution in [3.05, 3.63) is 63.3 Å². The minimum Gasteiger partial charge on any atom is -0.449 e. The summed E-state index contributed by atoms with van der Waals surface area (Å²) in [6.07, 6.45) is -11.6. The Morgan fingerprint density at radius 2 is 1.60 bits per heavy atom. The summed E-state index contributed by atoms with van der Waals surface area (Å²) >= 11 is 2.14. The van der Waals surface area contributed by atoms with Crippen LogP contribution < -0.4 is 20.2 Å². The fourth-order valence-electron chi connectivity index (χ4n) is 3.93. The molecule has 0 radical (unpaired) electrons. The lowest BCUT2D eigenvalue weighted by Crippen LogP contribution is -2.32. The van der Waals surface area contributed by atoms with Crippen LogP contribution in [0.4, 0.5) is 26.3 Å². The molecule has 2 aromatic carbocycles. The third kappa shape index (κ3) is 10.5. The molecule has 0 unspecified atom stereocenters. The quantitative estimate of drug-likeness (QED) is 0.0877. The number of aromatic amines is 1. The molecule has 43 heavy (non-hydrogen) atoms. The number of benzene rings is 2. The number of carbonyl (C=O) groups is 2. The van der Waals surface area contributed by atoms with Crippen molar-refractivity contribution in [1.82, 2.24) is 15.6 Å². The number of halogens is 6. The van der Waals surface area contributed by atoms with Gasteiger partial charge in [0.05, 0.1) is 4.70 Å². The van der Waals surface area contributed by atoms with E-state index in [1.165, 1.54) is 5.56 Å². The van der Waals surface area contributed by atoms with Crippen LogP contribution in [0.2, 0.25) is 0 Å². The Bertz CT molecular complexity index is 1410. The molecule has 0 aliphatic heterocycles. The first-order valence-electron chi connectivity index (χ1n) is 13.0. The molecule has 0 spiro atoms. The Hall–Kier alpha value is -3.08. The van der Waals surface area contributed by atoms with Crippen molar-refractivity contribution >= 4 is 45.3 Å². The van der Waals surface area contributed by atoms with Crippen molar-refractivity contribution in [2.45, 2.75) is 37.7 Å². The topological polar surface area (TPSA) is 110 Å². The SMILES string of the molecule is C[C@@H](CNCCSCCCNC[C@H](OC(=O)C(F)(F)F)c1ccc(OC(=O)C(F)(F)F)c2[nH]c(=O)sc12)c1ccccc1. The summed E-state index contributed by atoms with van der Waals surface area (Å²) in [5, 5.41) is 6.33. The van der Waals surface area contributed by atoms with Crippen LogP contribution in [0.25, 0.3) is 10.2 Å². The third-order valence-electron chi connectivity index (χ3n) is 6.05. The summed E-state index contributed by atoms with van der Waals surface area (Å²) in [6.45, 7) is 3.85. The molecule has 0 fully saturated rings. The zero-order chi connectivity index (χ0) is 31.6. The maximum atomic E-state index is 13.0. The molecule has 3 aromatic rings. The number of alkyl halides is 6. The first-order chi connectivity index (χ1) is 20.3. The van der Waals surface area contributed by atoms with Gasteiger partial charge in [-0.25, -0.2) is 9.59 Å². The van der Waals surface area contributed by atoms with Crippen LogP contribution >= 0.6 is 23.1 Å². The molecule has 16 heteroatoms. The minimum atomic E-state index is -5.33. The van der Waals surface area contributed by atoms with Crippen molar-refractivity contribution in [3.63, 3.8) is 0 Å². The Morgan fingerprint density at radius 3 is 2.28 bits per heavy atom. The van der Waals surface area contributed by atoms with Crippen molar-refractivity contribution in [1.29, 1.82) is 0 Å². The van der Waals surface area contributed by atoms with Gasteiger partial charge in [-0.3, -0.25) is 4.79 Å². The van der Waals surface area contributed by atoms with E-state index in [-0.39, 0.29) is 22.3 Å². The van der Waals surface area contributed by atoms with Crippen molar-refractivity contribution in [3.8, 4) is 5.75 Å². The predicted octanol–water partition coefficient (Wildman–Crippen LogP) is 5.31. The molecule has 3 N–H and O–H groups in total. The number of carbonyl (C=O) groups excluding carboxylic acids is 2. The van der Waals surface area contributed by atoms with Gasteiger partial charge in [0.15, 0.2) is 5.75 Å². The Labute approximate surface area is 250 Å². The summed E-state index contributed by atoms with van der Waals surface area (Å²) in [4.78, 5) is 36.4. The maximum absolute atomic E-state index is 13.0. The van der Waals surface area contributed by atoms with Gasteiger partial charge in [0.25, 0.3) is 0 Å². The van der Waals surface area contributed by atoms with E-state index in [9.17, 15) is 40.7 Å². The molecule has 0 aliphatic carbocycles. The van der Waals surface area contributed by atoms with E-state index in [1.54, 1.807) is 11.8 Å². The molecule has 0 saturated heterocycles. The van der Waals surface area contributed by atoms with Gasteiger partial charge in [0.2, 0.25) is 0 Å². The van der Waals surface area contributed by atoms with Crippen LogP contribution in [0.5, 0.6) is 5.75 Å². The number of hydrogen-bond donors (Lipinski definition) is 3. The molecule has 236 valence electrons. The molecule has 2 atom stereocenters. The maximum Gasteiger partial charge on any atom is 0.491 e. The lowest BCUT2D eigenvalue weighted by molar-refractivity contribution is -0.205. The highest BCUT2D eigenvalue weighted by Gasteiger charge is 2.43. The van der Waals surface area contributed by atoms with E-state index in [2.05, 4.69) is 44.1 Å². The monoisotopic (exact) mass is 653 g/mol. The number of fused-ring (bicyclic) bond motifs is 1. The molecule has 0 saturated carbocycles. The number of nitrogens with one attached hydrogen (secondary N) is 3. The summed E-state index contributed by atoms with van der Waals surface area (Å²) in [6, 6.07) is 12.0. The van der Waals surface area contributed by atoms with E-state index in [1.807, 2.05) is 18.2 Å². The Morgan fingerprint density at radius 1 is 0.930 bits per heavy atom. The normalized spacial score (nSPS) is 13.6. The zero-order valence-corrected chi connectivity index (χ0v) is 24.4. The molecular formula is C27H29F6N3O5S2. The lowest BCUT2D eigenvalue weighted by atomic mass is 10.0. The fraction of sp³-hybridized carbons (Fsp3) is 0.444. The summed E-state index contributed by atoms with van der Waals surface area (Å²) in [5.41, 5.74) is 0.821. The van der Waals surface area contributed by atoms with Gasteiger partial charge in [-0.2, -0.15) is 38.1 Å². The molecule has 8 nitrogen and oxygen atoms in total. The number of thioether (sulfide) groups is 1. The second-order valence-corrected chi connectivity index (χ2v) is 11.5. The predicted molar refractivity (Wildman–Crippen MR) is 152 cm³/mol. The highest BCUT2D eigenvalue weighted by molar-refractivity contribution is 7.99. The number of aromatic nitrogens is 1. The van der Waals surface area contributed by atoms with Gasteiger partial charge in [-0.15, -0.1) is 0 Å². The zero-order valence-electron chi connectivity index (χ0n) is 22.8. The Balaban J connectivity index is 1.55. The number of thiazole rings is 1. The highest BCUT2D eigenvalue weighted by atomic mass is 32.2. The molecular weight excluding hydrogens is 624 g/mol. The molecule has 0 bridgehead atoms. The third-order valence-corrected chi connectivity index (χ3v) is 8.05. The van der Waals surface area contributed by atoms with Crippen LogP contribution in [0, 0.1) is 0 Å². The van der Waals surface area contributed by atoms with Crippen LogP contribution in [0.3, 0.4) is 0 Å². The average Bonchev–Trinajstić information content (AvgIpc) is 3.34. The van der Waals surface area contributed by atoms with E-state index >= 15 is 0 Å². The van der Waals surface area contributed by atoms with Crippen molar-refractivity contribution in [2.75, 3.05) is 37.7 Å². The molecule has 1 aromatic heterocycles. The average molecular weight is 654 g/mol. The smallest absolute Gasteiger partial charge is 0.449 e. The van der Waals surface area contributed by atoms with Gasteiger partial charge in [-0.1, -0.05) is 48.6 Å². The van der Waals surface area contributed by atoms with Gasteiger partial charge >= 0.3 is 29.2 Å². The van der Waals surface area contributed by atoms with Gasteiger partial charge in [0.1, 0.15) is 11.6 Å². The van der Waals surface area contributed by atoms with E-state index < -0.39 is 41.0 Å². The highest BCUT2D eigenvalue weighted by Crippen LogP contribution is 2.35. The number of hydrogen-bond acceptors (Lipinski definition) is 9. The van der Waals surface area contributed by atoms with Crippen molar-refractivity contribution < 1.29 is 45.4 Å². The fourth-order valence-corrected chi connectivity index (χ4v) is 5.68. The summed E-state index contributed by atoms with van der Waals surface area (Å²) < 4.78 is 85.9. The first kappa shape index (κ1) is 34.4. The van der Waals surface area contributed by atoms with E-state index in [0.29, 0.717) is 30.2 Å². The second-order valence-electron chi connectivity index (χ2n) is 9.34. The van der Waals surface area contributed by atoms with Crippen molar-refractivity contribution in [2.24, 2.45) is 0 Å². The Kier molecular flexibility index (Phi) is 12.5. The largest absolute Gasteiger partial charge is 0.491 e. The molecule has 0 aliphatic rings. The van der Waals surface area contributed by atoms with Crippen LogP contribution in [-0.4, -0.2) is 67.0 Å². The lowest BCUT2D eigenvalue weighted by Gasteiger charge is -2.21. The van der Waals surface area contributed by atoms with Crippen LogP contribution in [-0.2, 0) is 14.3 Å². The summed E-state index contributed by atoms with van der Waals surface area (Å²) in [5.74, 6) is -3.72. The standard InChI is InChI=1S/C27H29F6N3O5S2/c1-16(17-6-3-2-4-7-17)14-35-11-13-42-12-5-10-34-15-20(41-24(38)27(31,32)33)18-8-9-19(40-23(37)26(28,29)30)21-22(18)43-25(39)36-21/h2-4,6-9,16,20,34-35H,5,10-15H2,1H3,(H,36,39)/t16-,20-/m0/s1. The van der Waals surface area contributed by atoms with Crippen LogP contribution in [0.1, 0.15) is 36.5 Å².